The molecule has 2 atom stereocenters. The number of hydrogen-bond acceptors (Lipinski definition) is 3. The van der Waals surface area contributed by atoms with Crippen LogP contribution in [0.1, 0.15) is 40.9 Å². The molecular formula is C18H17NOS. The van der Waals surface area contributed by atoms with Crippen LogP contribution in [0.4, 0.5) is 0 Å². The highest BCUT2D eigenvalue weighted by molar-refractivity contribution is 7.10. The summed E-state index contributed by atoms with van der Waals surface area (Å²) in [6.45, 7) is 0. The molecule has 0 aliphatic heterocycles. The van der Waals surface area contributed by atoms with Crippen LogP contribution in [-0.4, -0.2) is 10.1 Å². The Bertz CT molecular complexity index is 774. The highest BCUT2D eigenvalue weighted by atomic mass is 32.1. The van der Waals surface area contributed by atoms with Crippen LogP contribution in [0.15, 0.2) is 48.0 Å². The van der Waals surface area contributed by atoms with E-state index in [0.29, 0.717) is 0 Å². The first kappa shape index (κ1) is 13.0. The van der Waals surface area contributed by atoms with Crippen LogP contribution in [-0.2, 0) is 6.42 Å². The number of aliphatic hydroxyl groups excluding tert-OH is 1. The van der Waals surface area contributed by atoms with Crippen molar-refractivity contribution >= 4 is 22.2 Å². The molecule has 3 heteroatoms. The fraction of sp³-hybridized carbons (Fsp3) is 0.278. The SMILES string of the molecule is OC(c1cccc2ncccc12)C1CCCc2sccc21. The number of pyridine rings is 1. The van der Waals surface area contributed by atoms with Gasteiger partial charge in [-0.05, 0) is 54.0 Å². The Balaban J connectivity index is 1.80. The highest BCUT2D eigenvalue weighted by Gasteiger charge is 2.29. The topological polar surface area (TPSA) is 33.1 Å². The average molecular weight is 295 g/mol. The van der Waals surface area contributed by atoms with Crippen LogP contribution < -0.4 is 0 Å². The number of hydrogen-bond donors (Lipinski definition) is 1. The second-order valence-electron chi connectivity index (χ2n) is 5.66. The average Bonchev–Trinajstić information content (AvgIpc) is 3.02. The molecule has 0 saturated carbocycles. The van der Waals surface area contributed by atoms with Gasteiger partial charge in [0.25, 0.3) is 0 Å². The van der Waals surface area contributed by atoms with Gasteiger partial charge >= 0.3 is 0 Å². The number of aliphatic hydroxyl groups is 1. The Labute approximate surface area is 128 Å². The summed E-state index contributed by atoms with van der Waals surface area (Å²) >= 11 is 1.82. The van der Waals surface area contributed by atoms with Gasteiger partial charge in [0, 0.05) is 22.4 Å². The molecule has 2 nitrogen and oxygen atoms in total. The quantitative estimate of drug-likeness (QED) is 0.757. The minimum Gasteiger partial charge on any atom is -0.388 e. The van der Waals surface area contributed by atoms with Gasteiger partial charge in [0.2, 0.25) is 0 Å². The van der Waals surface area contributed by atoms with Gasteiger partial charge in [-0.2, -0.15) is 0 Å². The van der Waals surface area contributed by atoms with Crippen LogP contribution in [0.5, 0.6) is 0 Å². The number of nitrogens with zero attached hydrogens (tertiary/aromatic N) is 1. The smallest absolute Gasteiger partial charge is 0.0865 e. The second kappa shape index (κ2) is 5.24. The van der Waals surface area contributed by atoms with E-state index in [1.807, 2.05) is 35.6 Å². The van der Waals surface area contributed by atoms with Crippen molar-refractivity contribution in [2.45, 2.75) is 31.3 Å². The summed E-state index contributed by atoms with van der Waals surface area (Å²) in [4.78, 5) is 5.84. The Kier molecular flexibility index (Phi) is 3.24. The molecule has 0 amide bonds. The third-order valence-corrected chi connectivity index (χ3v) is 5.47. The van der Waals surface area contributed by atoms with Crippen molar-refractivity contribution in [3.05, 3.63) is 64.0 Å². The minimum absolute atomic E-state index is 0.214. The molecule has 2 unspecified atom stereocenters. The molecule has 0 radical (unpaired) electrons. The molecular weight excluding hydrogens is 278 g/mol. The lowest BCUT2D eigenvalue weighted by atomic mass is 9.80. The molecule has 1 aromatic carbocycles. The number of aromatic nitrogens is 1. The van der Waals surface area contributed by atoms with Crippen LogP contribution in [0.25, 0.3) is 10.9 Å². The maximum atomic E-state index is 11.0. The van der Waals surface area contributed by atoms with Crippen molar-refractivity contribution < 1.29 is 5.11 Å². The first-order valence-corrected chi connectivity index (χ1v) is 8.30. The Hall–Kier alpha value is -1.71. The van der Waals surface area contributed by atoms with Crippen molar-refractivity contribution in [1.82, 2.24) is 4.98 Å². The number of benzene rings is 1. The zero-order valence-corrected chi connectivity index (χ0v) is 12.5. The van der Waals surface area contributed by atoms with Gasteiger partial charge in [0.1, 0.15) is 0 Å². The van der Waals surface area contributed by atoms with E-state index in [1.165, 1.54) is 10.4 Å². The van der Waals surface area contributed by atoms with Crippen LogP contribution in [0.2, 0.25) is 0 Å². The Morgan fingerprint density at radius 2 is 2.14 bits per heavy atom. The van der Waals surface area contributed by atoms with E-state index in [0.717, 1.165) is 35.7 Å². The third kappa shape index (κ3) is 2.17. The summed E-state index contributed by atoms with van der Waals surface area (Å²) in [5, 5.41) is 14.2. The van der Waals surface area contributed by atoms with E-state index < -0.39 is 6.10 Å². The molecule has 0 bridgehead atoms. The molecule has 2 heterocycles. The first-order valence-electron chi connectivity index (χ1n) is 7.42. The van der Waals surface area contributed by atoms with Crippen LogP contribution in [0.3, 0.4) is 0 Å². The van der Waals surface area contributed by atoms with Crippen molar-refractivity contribution in [1.29, 1.82) is 0 Å². The van der Waals surface area contributed by atoms with E-state index in [9.17, 15) is 5.11 Å². The highest BCUT2D eigenvalue weighted by Crippen LogP contribution is 2.43. The zero-order valence-electron chi connectivity index (χ0n) is 11.7. The number of aryl methyl sites for hydroxylation is 1. The van der Waals surface area contributed by atoms with Gasteiger partial charge in [-0.15, -0.1) is 11.3 Å². The molecule has 106 valence electrons. The third-order valence-electron chi connectivity index (χ3n) is 4.48. The normalized spacial score (nSPS) is 19.4. The van der Waals surface area contributed by atoms with Gasteiger partial charge in [0.15, 0.2) is 0 Å². The Morgan fingerprint density at radius 1 is 1.19 bits per heavy atom. The maximum absolute atomic E-state index is 11.0. The zero-order chi connectivity index (χ0) is 14.2. The fourth-order valence-electron chi connectivity index (χ4n) is 3.45. The summed E-state index contributed by atoms with van der Waals surface area (Å²) in [5.41, 5.74) is 3.31. The molecule has 0 spiro atoms. The molecule has 1 aliphatic rings. The number of fused-ring (bicyclic) bond motifs is 2. The summed E-state index contributed by atoms with van der Waals surface area (Å²) in [6, 6.07) is 12.2. The van der Waals surface area contributed by atoms with E-state index in [4.69, 9.17) is 0 Å². The minimum atomic E-state index is -0.452. The summed E-state index contributed by atoms with van der Waals surface area (Å²) in [6.07, 6.45) is 4.73. The molecule has 0 fully saturated rings. The summed E-state index contributed by atoms with van der Waals surface area (Å²) in [7, 11) is 0. The van der Waals surface area contributed by atoms with Crippen LogP contribution >= 0.6 is 11.3 Å². The maximum Gasteiger partial charge on any atom is 0.0865 e. The van der Waals surface area contributed by atoms with E-state index in [1.54, 1.807) is 6.20 Å². The van der Waals surface area contributed by atoms with Crippen molar-refractivity contribution in [3.63, 3.8) is 0 Å². The predicted molar refractivity (Wildman–Crippen MR) is 86.7 cm³/mol. The lowest BCUT2D eigenvalue weighted by Crippen LogP contribution is -2.16. The van der Waals surface area contributed by atoms with Crippen molar-refractivity contribution in [2.24, 2.45) is 0 Å². The molecule has 1 aliphatic carbocycles. The number of thiophene rings is 1. The summed E-state index contributed by atoms with van der Waals surface area (Å²) in [5.74, 6) is 0.214. The lowest BCUT2D eigenvalue weighted by molar-refractivity contribution is 0.138. The molecule has 0 saturated heterocycles. The fourth-order valence-corrected chi connectivity index (χ4v) is 4.45. The number of rotatable bonds is 2. The lowest BCUT2D eigenvalue weighted by Gasteiger charge is -2.28. The molecule has 4 rings (SSSR count). The first-order chi connectivity index (χ1) is 10.3. The van der Waals surface area contributed by atoms with Gasteiger partial charge in [0.05, 0.1) is 11.6 Å². The second-order valence-corrected chi connectivity index (χ2v) is 6.66. The van der Waals surface area contributed by atoms with E-state index in [-0.39, 0.29) is 5.92 Å². The van der Waals surface area contributed by atoms with Crippen molar-refractivity contribution in [2.75, 3.05) is 0 Å². The molecule has 3 aromatic rings. The molecule has 21 heavy (non-hydrogen) atoms. The van der Waals surface area contributed by atoms with Gasteiger partial charge in [-0.25, -0.2) is 0 Å². The van der Waals surface area contributed by atoms with E-state index in [2.05, 4.69) is 22.5 Å². The van der Waals surface area contributed by atoms with E-state index >= 15 is 0 Å². The van der Waals surface area contributed by atoms with Gasteiger partial charge in [-0.3, -0.25) is 4.98 Å². The van der Waals surface area contributed by atoms with Gasteiger partial charge in [-0.1, -0.05) is 18.2 Å². The Morgan fingerprint density at radius 3 is 3.10 bits per heavy atom. The molecule has 2 aromatic heterocycles. The van der Waals surface area contributed by atoms with Crippen molar-refractivity contribution in [3.8, 4) is 0 Å². The summed E-state index contributed by atoms with van der Waals surface area (Å²) < 4.78 is 0. The standard InChI is InChI=1S/C18H17NOS/c20-18(15-5-2-8-17-13(15)9-11-21-17)14-4-1-7-16-12(14)6-3-10-19-16/h1,3-4,6-7,9-11,15,18,20H,2,5,8H2. The van der Waals surface area contributed by atoms with Gasteiger partial charge < -0.3 is 5.11 Å². The predicted octanol–water partition coefficient (Wildman–Crippen LogP) is 4.45. The van der Waals surface area contributed by atoms with Crippen LogP contribution in [0, 0.1) is 0 Å². The molecule has 1 N–H and O–H groups in total. The monoisotopic (exact) mass is 295 g/mol. The largest absolute Gasteiger partial charge is 0.388 e.